The van der Waals surface area contributed by atoms with Crippen LogP contribution in [0.4, 0.5) is 8.78 Å². The number of carbonyl (C=O) groups excluding carboxylic acids is 1. The minimum atomic E-state index is -2.94. The zero-order chi connectivity index (χ0) is 21.1. The third-order valence-corrected chi connectivity index (χ3v) is 5.08. The number of para-hydroxylation sites is 2. The first-order valence-electron chi connectivity index (χ1n) is 9.61. The molecule has 1 saturated heterocycles. The Balaban J connectivity index is 1.50. The Morgan fingerprint density at radius 1 is 1.27 bits per heavy atom. The number of carbonyl (C=O) groups is 1. The summed E-state index contributed by atoms with van der Waals surface area (Å²) in [7, 11) is 1.37. The number of amides is 1. The summed E-state index contributed by atoms with van der Waals surface area (Å²) in [4.78, 5) is 22.6. The zero-order valence-corrected chi connectivity index (χ0v) is 16.3. The molecule has 0 radical (unpaired) electrons. The number of H-pyrrole nitrogens is 1. The maximum absolute atomic E-state index is 12.8. The SMILES string of the molecule is COc1cc(/C=C/C(=O)N2CCC[C@H]2c2nc3ccccc3[nH]2)ccc1OC(F)F. The predicted molar refractivity (Wildman–Crippen MR) is 108 cm³/mol. The molecule has 4 rings (SSSR count). The molecule has 0 unspecified atom stereocenters. The number of fused-ring (bicyclic) bond motifs is 1. The largest absolute Gasteiger partial charge is 0.493 e. The zero-order valence-electron chi connectivity index (χ0n) is 16.3. The van der Waals surface area contributed by atoms with Gasteiger partial charge in [0.05, 0.1) is 24.2 Å². The van der Waals surface area contributed by atoms with Crippen LogP contribution in [0.15, 0.2) is 48.5 Å². The van der Waals surface area contributed by atoms with Gasteiger partial charge in [-0.15, -0.1) is 0 Å². The summed E-state index contributed by atoms with van der Waals surface area (Å²) >= 11 is 0. The molecule has 1 amide bonds. The number of benzene rings is 2. The van der Waals surface area contributed by atoms with Crippen molar-refractivity contribution in [2.45, 2.75) is 25.5 Å². The van der Waals surface area contributed by atoms with Gasteiger partial charge in [0.1, 0.15) is 5.82 Å². The van der Waals surface area contributed by atoms with Crippen LogP contribution in [0.1, 0.15) is 30.3 Å². The molecule has 156 valence electrons. The van der Waals surface area contributed by atoms with E-state index in [1.807, 2.05) is 24.3 Å². The van der Waals surface area contributed by atoms with E-state index in [1.54, 1.807) is 23.1 Å². The molecular formula is C22H21F2N3O3. The van der Waals surface area contributed by atoms with E-state index in [0.29, 0.717) is 12.1 Å². The molecule has 8 heteroatoms. The van der Waals surface area contributed by atoms with E-state index in [-0.39, 0.29) is 23.4 Å². The first kappa shape index (κ1) is 19.9. The van der Waals surface area contributed by atoms with Gasteiger partial charge in [0, 0.05) is 12.6 Å². The standard InChI is InChI=1S/C22H21F2N3O3/c1-29-19-13-14(8-10-18(19)30-22(23)24)9-11-20(28)27-12-4-7-17(27)21-25-15-5-2-3-6-16(15)26-21/h2-3,5-6,8-11,13,17,22H,4,7,12H2,1H3,(H,25,26)/b11-9+/t17-/m0/s1. The van der Waals surface area contributed by atoms with E-state index in [0.717, 1.165) is 29.7 Å². The van der Waals surface area contributed by atoms with Gasteiger partial charge in [0.25, 0.3) is 0 Å². The fraction of sp³-hybridized carbons (Fsp3) is 0.273. The average Bonchev–Trinajstić information content (AvgIpc) is 3.39. The van der Waals surface area contributed by atoms with Gasteiger partial charge in [-0.2, -0.15) is 8.78 Å². The number of hydrogen-bond acceptors (Lipinski definition) is 4. The number of aromatic nitrogens is 2. The van der Waals surface area contributed by atoms with Crippen LogP contribution in [-0.2, 0) is 4.79 Å². The van der Waals surface area contributed by atoms with Crippen LogP contribution in [-0.4, -0.2) is 41.0 Å². The Bertz CT molecular complexity index is 1050. The van der Waals surface area contributed by atoms with Crippen molar-refractivity contribution in [2.75, 3.05) is 13.7 Å². The highest BCUT2D eigenvalue weighted by Gasteiger charge is 2.31. The van der Waals surface area contributed by atoms with Crippen LogP contribution < -0.4 is 9.47 Å². The molecule has 1 aromatic heterocycles. The summed E-state index contributed by atoms with van der Waals surface area (Å²) in [6.45, 7) is -2.29. The number of nitrogens with one attached hydrogen (secondary N) is 1. The number of rotatable bonds is 6. The first-order valence-corrected chi connectivity index (χ1v) is 9.61. The summed E-state index contributed by atoms with van der Waals surface area (Å²) in [6, 6.07) is 12.2. The summed E-state index contributed by atoms with van der Waals surface area (Å²) in [5, 5.41) is 0. The molecule has 6 nitrogen and oxygen atoms in total. The minimum Gasteiger partial charge on any atom is -0.493 e. The second-order valence-electron chi connectivity index (χ2n) is 6.95. The number of imidazole rings is 1. The number of methoxy groups -OCH3 is 1. The van der Waals surface area contributed by atoms with E-state index < -0.39 is 6.61 Å². The van der Waals surface area contributed by atoms with Crippen molar-refractivity contribution in [3.8, 4) is 11.5 Å². The Kier molecular flexibility index (Phi) is 5.65. The second kappa shape index (κ2) is 8.52. The van der Waals surface area contributed by atoms with Crippen LogP contribution in [0.2, 0.25) is 0 Å². The van der Waals surface area contributed by atoms with Gasteiger partial charge in [0.2, 0.25) is 5.91 Å². The number of halogens is 2. The van der Waals surface area contributed by atoms with Crippen molar-refractivity contribution in [3.63, 3.8) is 0 Å². The Morgan fingerprint density at radius 3 is 2.87 bits per heavy atom. The fourth-order valence-corrected chi connectivity index (χ4v) is 3.69. The van der Waals surface area contributed by atoms with Crippen LogP contribution >= 0.6 is 0 Å². The van der Waals surface area contributed by atoms with Gasteiger partial charge >= 0.3 is 6.61 Å². The Labute approximate surface area is 172 Å². The lowest BCUT2D eigenvalue weighted by Gasteiger charge is -2.21. The van der Waals surface area contributed by atoms with E-state index in [4.69, 9.17) is 4.74 Å². The summed E-state index contributed by atoms with van der Waals surface area (Å²) in [5.74, 6) is 0.766. The predicted octanol–water partition coefficient (Wildman–Crippen LogP) is 4.55. The molecule has 0 bridgehead atoms. The van der Waals surface area contributed by atoms with Crippen molar-refractivity contribution in [2.24, 2.45) is 0 Å². The van der Waals surface area contributed by atoms with Crippen LogP contribution in [0.3, 0.4) is 0 Å². The Hall–Kier alpha value is -3.42. The lowest BCUT2D eigenvalue weighted by atomic mass is 10.1. The number of alkyl halides is 2. The molecule has 2 aromatic carbocycles. The fourth-order valence-electron chi connectivity index (χ4n) is 3.69. The molecule has 1 aliphatic rings. The molecule has 1 atom stereocenters. The summed E-state index contributed by atoms with van der Waals surface area (Å²) < 4.78 is 34.4. The lowest BCUT2D eigenvalue weighted by molar-refractivity contribution is -0.127. The van der Waals surface area contributed by atoms with Gasteiger partial charge in [-0.3, -0.25) is 4.79 Å². The molecule has 1 N–H and O–H groups in total. The van der Waals surface area contributed by atoms with Crippen molar-refractivity contribution < 1.29 is 23.0 Å². The van der Waals surface area contributed by atoms with E-state index in [2.05, 4.69) is 14.7 Å². The normalized spacial score (nSPS) is 16.7. The monoisotopic (exact) mass is 413 g/mol. The molecule has 0 saturated carbocycles. The topological polar surface area (TPSA) is 67.5 Å². The third kappa shape index (κ3) is 4.12. The van der Waals surface area contributed by atoms with Gasteiger partial charge < -0.3 is 19.4 Å². The second-order valence-corrected chi connectivity index (χ2v) is 6.95. The highest BCUT2D eigenvalue weighted by molar-refractivity contribution is 5.92. The van der Waals surface area contributed by atoms with Gasteiger partial charge in [0.15, 0.2) is 11.5 Å². The Morgan fingerprint density at radius 2 is 2.10 bits per heavy atom. The van der Waals surface area contributed by atoms with E-state index >= 15 is 0 Å². The first-order chi connectivity index (χ1) is 14.5. The van der Waals surface area contributed by atoms with Crippen molar-refractivity contribution in [1.29, 1.82) is 0 Å². The number of nitrogens with zero attached hydrogens (tertiary/aromatic N) is 2. The van der Waals surface area contributed by atoms with E-state index in [1.165, 1.54) is 19.3 Å². The maximum atomic E-state index is 12.8. The van der Waals surface area contributed by atoms with E-state index in [9.17, 15) is 13.6 Å². The number of hydrogen-bond donors (Lipinski definition) is 1. The van der Waals surface area contributed by atoms with Gasteiger partial charge in [-0.1, -0.05) is 18.2 Å². The molecule has 1 aliphatic heterocycles. The lowest BCUT2D eigenvalue weighted by Crippen LogP contribution is -2.29. The molecule has 3 aromatic rings. The molecule has 1 fully saturated rings. The van der Waals surface area contributed by atoms with Crippen LogP contribution in [0, 0.1) is 0 Å². The van der Waals surface area contributed by atoms with Gasteiger partial charge in [-0.05, 0) is 48.7 Å². The number of aromatic amines is 1. The molecule has 0 spiro atoms. The molecular weight excluding hydrogens is 392 g/mol. The quantitative estimate of drug-likeness (QED) is 0.602. The number of likely N-dealkylation sites (tertiary alicyclic amines) is 1. The van der Waals surface area contributed by atoms with Gasteiger partial charge in [-0.25, -0.2) is 4.98 Å². The van der Waals surface area contributed by atoms with Crippen molar-refractivity contribution >= 4 is 23.0 Å². The molecule has 30 heavy (non-hydrogen) atoms. The summed E-state index contributed by atoms with van der Waals surface area (Å²) in [5.41, 5.74) is 2.46. The van der Waals surface area contributed by atoms with Crippen molar-refractivity contribution in [3.05, 3.63) is 59.9 Å². The minimum absolute atomic E-state index is 0.0551. The van der Waals surface area contributed by atoms with Crippen LogP contribution in [0.5, 0.6) is 11.5 Å². The van der Waals surface area contributed by atoms with Crippen molar-refractivity contribution in [1.82, 2.24) is 14.9 Å². The maximum Gasteiger partial charge on any atom is 0.387 e. The number of ether oxygens (including phenoxy) is 2. The highest BCUT2D eigenvalue weighted by Crippen LogP contribution is 2.32. The third-order valence-electron chi connectivity index (χ3n) is 5.08. The highest BCUT2D eigenvalue weighted by atomic mass is 19.3. The average molecular weight is 413 g/mol. The smallest absolute Gasteiger partial charge is 0.387 e. The molecule has 2 heterocycles. The van der Waals surface area contributed by atoms with Crippen LogP contribution in [0.25, 0.3) is 17.1 Å². The summed E-state index contributed by atoms with van der Waals surface area (Å²) in [6.07, 6.45) is 4.84. The molecule has 0 aliphatic carbocycles.